The highest BCUT2D eigenvalue weighted by molar-refractivity contribution is 5.92. The molecule has 0 aliphatic carbocycles. The van der Waals surface area contributed by atoms with Gasteiger partial charge in [0.05, 0.1) is 0 Å². The smallest absolute Gasteiger partial charge is 0.168 e. The SMILES string of the molecule is N=C(N)c1ccc(-c2ccc(CCO)cc2)o1. The van der Waals surface area contributed by atoms with Gasteiger partial charge in [0.1, 0.15) is 5.76 Å². The molecule has 0 spiro atoms. The summed E-state index contributed by atoms with van der Waals surface area (Å²) in [5.41, 5.74) is 7.34. The van der Waals surface area contributed by atoms with E-state index < -0.39 is 0 Å². The summed E-state index contributed by atoms with van der Waals surface area (Å²) in [4.78, 5) is 0. The Labute approximate surface area is 99.2 Å². The highest BCUT2D eigenvalue weighted by atomic mass is 16.3. The summed E-state index contributed by atoms with van der Waals surface area (Å²) in [6.07, 6.45) is 0.650. The van der Waals surface area contributed by atoms with Crippen molar-refractivity contribution in [2.24, 2.45) is 5.73 Å². The highest BCUT2D eigenvalue weighted by Gasteiger charge is 2.06. The Balaban J connectivity index is 2.23. The number of benzene rings is 1. The van der Waals surface area contributed by atoms with Crippen molar-refractivity contribution in [1.29, 1.82) is 5.41 Å². The number of hydrogen-bond donors (Lipinski definition) is 3. The van der Waals surface area contributed by atoms with Gasteiger partial charge in [0, 0.05) is 12.2 Å². The van der Waals surface area contributed by atoms with Crippen molar-refractivity contribution >= 4 is 5.84 Å². The van der Waals surface area contributed by atoms with Crippen molar-refractivity contribution in [3.63, 3.8) is 0 Å². The summed E-state index contributed by atoms with van der Waals surface area (Å²) in [5, 5.41) is 16.1. The topological polar surface area (TPSA) is 83.2 Å². The van der Waals surface area contributed by atoms with Crippen molar-refractivity contribution in [3.8, 4) is 11.3 Å². The minimum Gasteiger partial charge on any atom is -0.453 e. The molecule has 0 aliphatic heterocycles. The quantitative estimate of drug-likeness (QED) is 0.553. The zero-order chi connectivity index (χ0) is 12.3. The minimum atomic E-state index is -0.0758. The molecule has 0 saturated carbocycles. The fourth-order valence-corrected chi connectivity index (χ4v) is 1.60. The number of furan rings is 1. The number of aliphatic hydroxyl groups excluding tert-OH is 1. The van der Waals surface area contributed by atoms with E-state index in [-0.39, 0.29) is 12.4 Å². The molecule has 0 saturated heterocycles. The number of nitrogen functional groups attached to an aromatic ring is 1. The van der Waals surface area contributed by atoms with E-state index in [2.05, 4.69) is 0 Å². The predicted molar refractivity (Wildman–Crippen MR) is 65.9 cm³/mol. The number of hydrogen-bond acceptors (Lipinski definition) is 3. The van der Waals surface area contributed by atoms with Gasteiger partial charge < -0.3 is 15.3 Å². The molecule has 4 heteroatoms. The molecule has 0 unspecified atom stereocenters. The van der Waals surface area contributed by atoms with Crippen LogP contribution in [0.5, 0.6) is 0 Å². The van der Waals surface area contributed by atoms with Crippen LogP contribution in [0.3, 0.4) is 0 Å². The molecule has 0 amide bonds. The minimum absolute atomic E-state index is 0.0758. The zero-order valence-electron chi connectivity index (χ0n) is 9.31. The molecular weight excluding hydrogens is 216 g/mol. The molecule has 0 fully saturated rings. The van der Waals surface area contributed by atoms with Gasteiger partial charge >= 0.3 is 0 Å². The van der Waals surface area contributed by atoms with Crippen LogP contribution in [0, 0.1) is 5.41 Å². The second-order valence-electron chi connectivity index (χ2n) is 3.75. The van der Waals surface area contributed by atoms with Crippen LogP contribution in [-0.4, -0.2) is 17.5 Å². The van der Waals surface area contributed by atoms with Crippen LogP contribution in [0.4, 0.5) is 0 Å². The molecular formula is C13H14N2O2. The molecule has 0 aliphatic rings. The van der Waals surface area contributed by atoms with Crippen LogP contribution in [0.1, 0.15) is 11.3 Å². The fourth-order valence-electron chi connectivity index (χ4n) is 1.60. The van der Waals surface area contributed by atoms with Gasteiger partial charge in [-0.25, -0.2) is 0 Å². The lowest BCUT2D eigenvalue weighted by Crippen LogP contribution is -2.09. The van der Waals surface area contributed by atoms with E-state index in [0.717, 1.165) is 11.1 Å². The van der Waals surface area contributed by atoms with E-state index in [0.29, 0.717) is 17.9 Å². The third kappa shape index (κ3) is 2.54. The van der Waals surface area contributed by atoms with Crippen molar-refractivity contribution in [3.05, 3.63) is 47.7 Å². The first-order chi connectivity index (χ1) is 8.20. The second kappa shape index (κ2) is 4.84. The van der Waals surface area contributed by atoms with E-state index in [1.54, 1.807) is 12.1 Å². The largest absolute Gasteiger partial charge is 0.453 e. The van der Waals surface area contributed by atoms with E-state index in [9.17, 15) is 0 Å². The molecule has 0 bridgehead atoms. The third-order valence-electron chi connectivity index (χ3n) is 2.51. The summed E-state index contributed by atoms with van der Waals surface area (Å²) < 4.78 is 5.43. The van der Waals surface area contributed by atoms with Gasteiger partial charge in [-0.05, 0) is 24.1 Å². The summed E-state index contributed by atoms with van der Waals surface area (Å²) in [6.45, 7) is 0.147. The van der Waals surface area contributed by atoms with Crippen molar-refractivity contribution in [2.75, 3.05) is 6.61 Å². The first kappa shape index (κ1) is 11.4. The van der Waals surface area contributed by atoms with Crippen LogP contribution >= 0.6 is 0 Å². The zero-order valence-corrected chi connectivity index (χ0v) is 9.31. The number of nitrogens with two attached hydrogens (primary N) is 1. The second-order valence-corrected chi connectivity index (χ2v) is 3.75. The summed E-state index contributed by atoms with van der Waals surface area (Å²) in [5.74, 6) is 0.985. The molecule has 1 heterocycles. The fraction of sp³-hybridized carbons (Fsp3) is 0.154. The standard InChI is InChI=1S/C13H14N2O2/c14-13(15)12-6-5-11(17-12)10-3-1-9(2-4-10)7-8-16/h1-6,16H,7-8H2,(H3,14,15). The van der Waals surface area contributed by atoms with Gasteiger partial charge in [-0.2, -0.15) is 0 Å². The van der Waals surface area contributed by atoms with Gasteiger partial charge in [0.25, 0.3) is 0 Å². The first-order valence-corrected chi connectivity index (χ1v) is 5.35. The Kier molecular flexibility index (Phi) is 3.25. The average molecular weight is 230 g/mol. The van der Waals surface area contributed by atoms with Crippen LogP contribution in [0.15, 0.2) is 40.8 Å². The molecule has 1 aromatic heterocycles. The molecule has 2 aromatic rings. The van der Waals surface area contributed by atoms with Gasteiger partial charge in [0.15, 0.2) is 11.6 Å². The van der Waals surface area contributed by atoms with Crippen molar-refractivity contribution in [2.45, 2.75) is 6.42 Å². The van der Waals surface area contributed by atoms with Gasteiger partial charge in [-0.1, -0.05) is 24.3 Å². The molecule has 4 N–H and O–H groups in total. The van der Waals surface area contributed by atoms with E-state index in [1.807, 2.05) is 24.3 Å². The average Bonchev–Trinajstić information content (AvgIpc) is 2.80. The van der Waals surface area contributed by atoms with Crippen LogP contribution < -0.4 is 5.73 Å². The van der Waals surface area contributed by atoms with Crippen molar-refractivity contribution in [1.82, 2.24) is 0 Å². The Morgan fingerprint density at radius 3 is 2.41 bits per heavy atom. The molecule has 0 radical (unpaired) electrons. The van der Waals surface area contributed by atoms with Gasteiger partial charge in [0.2, 0.25) is 0 Å². The van der Waals surface area contributed by atoms with Crippen molar-refractivity contribution < 1.29 is 9.52 Å². The Morgan fingerprint density at radius 1 is 1.18 bits per heavy atom. The predicted octanol–water partition coefficient (Wildman–Crippen LogP) is 1.77. The molecule has 88 valence electrons. The summed E-state index contributed by atoms with van der Waals surface area (Å²) in [6, 6.07) is 11.2. The normalized spacial score (nSPS) is 10.4. The Morgan fingerprint density at radius 2 is 1.88 bits per heavy atom. The van der Waals surface area contributed by atoms with Gasteiger partial charge in [-0.15, -0.1) is 0 Å². The maximum Gasteiger partial charge on any atom is 0.168 e. The maximum atomic E-state index is 8.81. The molecule has 2 rings (SSSR count). The molecule has 17 heavy (non-hydrogen) atoms. The Hall–Kier alpha value is -2.07. The summed E-state index contributed by atoms with van der Waals surface area (Å²) in [7, 11) is 0. The number of rotatable bonds is 4. The van der Waals surface area contributed by atoms with Crippen LogP contribution in [0.2, 0.25) is 0 Å². The molecule has 0 atom stereocenters. The first-order valence-electron chi connectivity index (χ1n) is 5.35. The number of aliphatic hydroxyl groups is 1. The van der Waals surface area contributed by atoms with Crippen LogP contribution in [0.25, 0.3) is 11.3 Å². The lowest BCUT2D eigenvalue weighted by molar-refractivity contribution is 0.299. The third-order valence-corrected chi connectivity index (χ3v) is 2.51. The summed E-state index contributed by atoms with van der Waals surface area (Å²) >= 11 is 0. The molecule has 1 aromatic carbocycles. The Bertz CT molecular complexity index is 514. The van der Waals surface area contributed by atoms with E-state index in [1.165, 1.54) is 0 Å². The molecule has 4 nitrogen and oxygen atoms in total. The monoisotopic (exact) mass is 230 g/mol. The van der Waals surface area contributed by atoms with Gasteiger partial charge in [-0.3, -0.25) is 5.41 Å². The van der Waals surface area contributed by atoms with Crippen LogP contribution in [-0.2, 0) is 6.42 Å². The van der Waals surface area contributed by atoms with E-state index in [4.69, 9.17) is 20.7 Å². The highest BCUT2D eigenvalue weighted by Crippen LogP contribution is 2.22. The maximum absolute atomic E-state index is 8.81. The number of nitrogens with one attached hydrogen (secondary N) is 1. The lowest BCUT2D eigenvalue weighted by atomic mass is 10.1. The lowest BCUT2D eigenvalue weighted by Gasteiger charge is -2.00. The van der Waals surface area contributed by atoms with E-state index >= 15 is 0 Å². The number of amidine groups is 1.